The van der Waals surface area contributed by atoms with Gasteiger partial charge in [0.05, 0.1) is 25.4 Å². The van der Waals surface area contributed by atoms with Gasteiger partial charge in [-0.2, -0.15) is 0 Å². The molecule has 10 heteroatoms. The third-order valence-electron chi connectivity index (χ3n) is 10.9. The molecule has 0 aromatic heterocycles. The Kier molecular flexibility index (Phi) is 33.0. The van der Waals surface area contributed by atoms with E-state index in [-0.39, 0.29) is 6.61 Å². The molecule has 0 saturated carbocycles. The van der Waals surface area contributed by atoms with Gasteiger partial charge in [-0.1, -0.05) is 185 Å². The lowest BCUT2D eigenvalue weighted by Gasteiger charge is -2.40. The molecule has 1 saturated heterocycles. The molecule has 0 aliphatic carbocycles. The Morgan fingerprint density at radius 2 is 1.20 bits per heavy atom. The van der Waals surface area contributed by atoms with Crippen molar-refractivity contribution in [1.29, 1.82) is 0 Å². The van der Waals surface area contributed by atoms with Crippen LogP contribution < -0.4 is 5.32 Å². The van der Waals surface area contributed by atoms with Crippen LogP contribution in [-0.2, 0) is 14.3 Å². The maximum absolute atomic E-state index is 13.0. The normalized spacial score (nSPS) is 22.2. The molecule has 328 valence electrons. The lowest BCUT2D eigenvalue weighted by atomic mass is 9.99. The summed E-state index contributed by atoms with van der Waals surface area (Å²) in [6, 6.07) is -1.01. The highest BCUT2D eigenvalue weighted by atomic mass is 16.7. The van der Waals surface area contributed by atoms with E-state index in [0.29, 0.717) is 19.3 Å². The summed E-state index contributed by atoms with van der Waals surface area (Å²) in [7, 11) is 0. The van der Waals surface area contributed by atoms with E-state index in [2.05, 4.69) is 44.3 Å². The van der Waals surface area contributed by atoms with Crippen LogP contribution in [0.15, 0.2) is 36.0 Å². The molecular weight excluding hydrogens is 711 g/mol. The number of unbranched alkanes of at least 4 members (excludes halogenated alkanes) is 22. The van der Waals surface area contributed by atoms with Crippen molar-refractivity contribution >= 4 is 5.91 Å². The molecule has 0 aromatic rings. The first-order valence-electron chi connectivity index (χ1n) is 22.7. The van der Waals surface area contributed by atoms with E-state index < -0.39 is 61.5 Å². The van der Waals surface area contributed by atoms with E-state index in [1.165, 1.54) is 121 Å². The summed E-state index contributed by atoms with van der Waals surface area (Å²) in [6.45, 7) is 5.62. The Morgan fingerprint density at radius 1 is 0.679 bits per heavy atom. The molecule has 0 radical (unpaired) electrons. The lowest BCUT2D eigenvalue weighted by molar-refractivity contribution is -0.302. The quantitative estimate of drug-likeness (QED) is 0.0188. The number of aliphatic hydroxyl groups excluding tert-OH is 6. The van der Waals surface area contributed by atoms with Gasteiger partial charge in [0, 0.05) is 0 Å². The Hall–Kier alpha value is -1.63. The third-order valence-corrected chi connectivity index (χ3v) is 10.9. The second-order valence-corrected chi connectivity index (χ2v) is 16.2. The molecule has 0 bridgehead atoms. The number of hydrogen-bond donors (Lipinski definition) is 7. The average molecular weight is 796 g/mol. The zero-order chi connectivity index (χ0) is 41.2. The second-order valence-electron chi connectivity index (χ2n) is 16.2. The van der Waals surface area contributed by atoms with Gasteiger partial charge in [-0.25, -0.2) is 0 Å². The van der Waals surface area contributed by atoms with Crippen molar-refractivity contribution in [3.8, 4) is 0 Å². The van der Waals surface area contributed by atoms with Crippen molar-refractivity contribution in [3.05, 3.63) is 36.0 Å². The van der Waals surface area contributed by atoms with Crippen LogP contribution in [0.4, 0.5) is 0 Å². The van der Waals surface area contributed by atoms with Gasteiger partial charge in [0.1, 0.15) is 30.5 Å². The highest BCUT2D eigenvalue weighted by Crippen LogP contribution is 2.23. The van der Waals surface area contributed by atoms with Crippen molar-refractivity contribution in [2.45, 2.75) is 237 Å². The zero-order valence-electron chi connectivity index (χ0n) is 35.7. The first-order valence-corrected chi connectivity index (χ1v) is 22.7. The molecule has 1 heterocycles. The second kappa shape index (κ2) is 35.3. The van der Waals surface area contributed by atoms with Crippen molar-refractivity contribution in [2.75, 3.05) is 13.2 Å². The van der Waals surface area contributed by atoms with Crippen molar-refractivity contribution in [3.63, 3.8) is 0 Å². The molecule has 56 heavy (non-hydrogen) atoms. The fourth-order valence-electron chi connectivity index (χ4n) is 7.08. The molecule has 1 aliphatic heterocycles. The van der Waals surface area contributed by atoms with Crippen molar-refractivity contribution < 1.29 is 44.9 Å². The standard InChI is InChI=1S/C46H85NO9/c1-4-6-8-10-12-13-14-15-16-17-18-19-20-21-23-25-29-34-40(50)45(54)47-38(36-55-46-44(53)43(52)42(51)41(35-48)56-46)39(49)33-30-26-28-32-37(3)31-27-24-22-11-9-7-5-2/h27,30-33,38-44,46,48-53H,4-26,28-29,34-36H2,1-3H3,(H,47,54)/b31-27+,33-30+,37-32+/t38-,39+,40+,41+,42+,43-,44+,46+/m0/s1. The van der Waals surface area contributed by atoms with Crippen LogP contribution in [0.3, 0.4) is 0 Å². The molecule has 0 unspecified atom stereocenters. The fraction of sp³-hybridized carbons (Fsp3) is 0.848. The molecule has 0 aromatic carbocycles. The van der Waals surface area contributed by atoms with E-state index in [1.807, 2.05) is 6.08 Å². The van der Waals surface area contributed by atoms with Crippen LogP contribution in [0.1, 0.15) is 188 Å². The van der Waals surface area contributed by atoms with E-state index in [1.54, 1.807) is 6.08 Å². The number of allylic oxidation sites excluding steroid dienone is 5. The van der Waals surface area contributed by atoms with Crippen LogP contribution in [0.5, 0.6) is 0 Å². The predicted molar refractivity (Wildman–Crippen MR) is 227 cm³/mol. The van der Waals surface area contributed by atoms with Gasteiger partial charge in [-0.05, 0) is 39.0 Å². The lowest BCUT2D eigenvalue weighted by Crippen LogP contribution is -2.60. The monoisotopic (exact) mass is 796 g/mol. The Bertz CT molecular complexity index is 1020. The SMILES string of the molecule is CCCCCCC/C=C/C(C)=C/CC/C=C/[C@@H](O)[C@H](CO[C@@H]1O[C@H](CO)[C@@H](O)[C@H](O)[C@H]1O)NC(=O)[C@H](O)CCCCCCCCCCCCCCCCCCC. The Labute approximate surface area is 341 Å². The highest BCUT2D eigenvalue weighted by molar-refractivity contribution is 5.80. The smallest absolute Gasteiger partial charge is 0.249 e. The molecule has 1 aliphatic rings. The molecule has 1 amide bonds. The van der Waals surface area contributed by atoms with Gasteiger partial charge in [0.25, 0.3) is 0 Å². The van der Waals surface area contributed by atoms with Crippen LogP contribution >= 0.6 is 0 Å². The molecule has 1 fully saturated rings. The summed E-state index contributed by atoms with van der Waals surface area (Å²) < 4.78 is 11.1. The van der Waals surface area contributed by atoms with Crippen molar-refractivity contribution in [2.24, 2.45) is 0 Å². The van der Waals surface area contributed by atoms with E-state index in [4.69, 9.17) is 9.47 Å². The van der Waals surface area contributed by atoms with Crippen molar-refractivity contribution in [1.82, 2.24) is 5.32 Å². The number of nitrogens with one attached hydrogen (secondary N) is 1. The summed E-state index contributed by atoms with van der Waals surface area (Å²) in [5.74, 6) is -0.632. The minimum Gasteiger partial charge on any atom is -0.394 e. The van der Waals surface area contributed by atoms with Gasteiger partial charge in [-0.15, -0.1) is 0 Å². The highest BCUT2D eigenvalue weighted by Gasteiger charge is 2.44. The van der Waals surface area contributed by atoms with E-state index >= 15 is 0 Å². The molecule has 1 rings (SSSR count). The van der Waals surface area contributed by atoms with Gasteiger partial charge in [-0.3, -0.25) is 4.79 Å². The first kappa shape index (κ1) is 52.4. The summed E-state index contributed by atoms with van der Waals surface area (Å²) >= 11 is 0. The molecule has 10 nitrogen and oxygen atoms in total. The summed E-state index contributed by atoms with van der Waals surface area (Å²) in [5.41, 5.74) is 1.18. The fourth-order valence-corrected chi connectivity index (χ4v) is 7.08. The molecule has 0 spiro atoms. The molecule has 8 atom stereocenters. The summed E-state index contributed by atoms with van der Waals surface area (Å²) in [5, 5.41) is 64.7. The van der Waals surface area contributed by atoms with E-state index in [0.717, 1.165) is 32.1 Å². The number of amides is 1. The van der Waals surface area contributed by atoms with E-state index in [9.17, 15) is 35.4 Å². The molecular formula is C46H85NO9. The Morgan fingerprint density at radius 3 is 1.73 bits per heavy atom. The maximum atomic E-state index is 13.0. The maximum Gasteiger partial charge on any atom is 0.249 e. The van der Waals surface area contributed by atoms with Gasteiger partial charge >= 0.3 is 0 Å². The Balaban J connectivity index is 2.50. The topological polar surface area (TPSA) is 169 Å². The number of hydrogen-bond acceptors (Lipinski definition) is 9. The number of carbonyl (C=O) groups excluding carboxylic acids is 1. The zero-order valence-corrected chi connectivity index (χ0v) is 35.7. The number of carbonyl (C=O) groups is 1. The molecule has 7 N–H and O–H groups in total. The number of aliphatic hydroxyl groups is 6. The van der Waals surface area contributed by atoms with Gasteiger partial charge < -0.3 is 45.4 Å². The average Bonchev–Trinajstić information content (AvgIpc) is 3.19. The van der Waals surface area contributed by atoms with Crippen LogP contribution in [0.2, 0.25) is 0 Å². The van der Waals surface area contributed by atoms with Gasteiger partial charge in [0.2, 0.25) is 5.91 Å². The number of ether oxygens (including phenoxy) is 2. The third kappa shape index (κ3) is 25.7. The van der Waals surface area contributed by atoms with Crippen LogP contribution in [0.25, 0.3) is 0 Å². The number of rotatable bonds is 36. The minimum absolute atomic E-state index is 0.301. The first-order chi connectivity index (χ1) is 27.2. The van der Waals surface area contributed by atoms with Gasteiger partial charge in [0.15, 0.2) is 6.29 Å². The predicted octanol–water partition coefficient (Wildman–Crippen LogP) is 8.25. The summed E-state index contributed by atoms with van der Waals surface area (Å²) in [6.07, 6.45) is 30.5. The largest absolute Gasteiger partial charge is 0.394 e. The van der Waals surface area contributed by atoms with Crippen LogP contribution in [0, 0.1) is 0 Å². The summed E-state index contributed by atoms with van der Waals surface area (Å²) in [4.78, 5) is 13.0. The van der Waals surface area contributed by atoms with Crippen LogP contribution in [-0.4, -0.2) is 98.7 Å². The minimum atomic E-state index is -1.62.